The average molecular weight is 279 g/mol. The summed E-state index contributed by atoms with van der Waals surface area (Å²) in [7, 11) is -3.73. The van der Waals surface area contributed by atoms with Crippen LogP contribution < -0.4 is 4.72 Å². The van der Waals surface area contributed by atoms with Crippen LogP contribution in [0.5, 0.6) is 0 Å². The third-order valence-corrected chi connectivity index (χ3v) is 3.80. The number of anilines is 1. The van der Waals surface area contributed by atoms with E-state index in [1.807, 2.05) is 0 Å². The van der Waals surface area contributed by atoms with Gasteiger partial charge in [0.2, 0.25) is 0 Å². The topological polar surface area (TPSA) is 92.2 Å². The molecule has 0 aliphatic carbocycles. The number of hydrogen-bond donors (Lipinski definition) is 2. The van der Waals surface area contributed by atoms with E-state index < -0.39 is 10.0 Å². The Balaban J connectivity index is 2.30. The van der Waals surface area contributed by atoms with Crippen molar-refractivity contribution in [2.45, 2.75) is 18.6 Å². The van der Waals surface area contributed by atoms with E-state index in [1.165, 1.54) is 24.5 Å². The lowest BCUT2D eigenvalue weighted by molar-refractivity contribution is 0.281. The maximum Gasteiger partial charge on any atom is 0.279 e. The van der Waals surface area contributed by atoms with Crippen molar-refractivity contribution < 1.29 is 13.5 Å². The molecule has 0 amide bonds. The van der Waals surface area contributed by atoms with E-state index in [2.05, 4.69) is 14.7 Å². The Hall–Kier alpha value is -1.99. The fraction of sp³-hybridized carbons (Fsp3) is 0.167. The smallest absolute Gasteiger partial charge is 0.279 e. The minimum atomic E-state index is -3.73. The van der Waals surface area contributed by atoms with Crippen molar-refractivity contribution in [3.8, 4) is 0 Å². The molecular formula is C12H13N3O3S. The van der Waals surface area contributed by atoms with Gasteiger partial charge in [-0.25, -0.2) is 4.98 Å². The van der Waals surface area contributed by atoms with Crippen molar-refractivity contribution in [2.24, 2.45) is 0 Å². The highest BCUT2D eigenvalue weighted by Gasteiger charge is 2.16. The van der Waals surface area contributed by atoms with Crippen LogP contribution in [0.3, 0.4) is 0 Å². The van der Waals surface area contributed by atoms with Gasteiger partial charge in [0, 0.05) is 18.6 Å². The van der Waals surface area contributed by atoms with Gasteiger partial charge in [0.1, 0.15) is 0 Å². The van der Waals surface area contributed by atoms with Crippen molar-refractivity contribution >= 4 is 15.7 Å². The summed E-state index contributed by atoms with van der Waals surface area (Å²) in [5.74, 6) is 0. The molecule has 0 fully saturated rings. The molecule has 2 aromatic rings. The Kier molecular flexibility index (Phi) is 3.77. The number of hydrogen-bond acceptors (Lipinski definition) is 5. The largest absolute Gasteiger partial charge is 0.392 e. The van der Waals surface area contributed by atoms with E-state index in [1.54, 1.807) is 19.2 Å². The highest BCUT2D eigenvalue weighted by molar-refractivity contribution is 7.92. The number of aryl methyl sites for hydroxylation is 1. The number of pyridine rings is 2. The molecular weight excluding hydrogens is 266 g/mol. The molecule has 0 unspecified atom stereocenters. The summed E-state index contributed by atoms with van der Waals surface area (Å²) in [6, 6.07) is 4.44. The van der Waals surface area contributed by atoms with Gasteiger partial charge in [-0.3, -0.25) is 9.71 Å². The third kappa shape index (κ3) is 3.07. The van der Waals surface area contributed by atoms with E-state index in [-0.39, 0.29) is 11.6 Å². The number of aliphatic hydroxyl groups excluding tert-OH is 1. The monoisotopic (exact) mass is 279 g/mol. The molecule has 2 heterocycles. The Bertz CT molecular complexity index is 669. The first-order valence-corrected chi connectivity index (χ1v) is 7.00. The first-order valence-electron chi connectivity index (χ1n) is 5.52. The van der Waals surface area contributed by atoms with E-state index >= 15 is 0 Å². The van der Waals surface area contributed by atoms with E-state index in [0.717, 1.165) is 5.56 Å². The molecule has 0 atom stereocenters. The van der Waals surface area contributed by atoms with Gasteiger partial charge in [0.05, 0.1) is 12.3 Å². The van der Waals surface area contributed by atoms with Gasteiger partial charge >= 0.3 is 0 Å². The lowest BCUT2D eigenvalue weighted by Gasteiger charge is -2.09. The lowest BCUT2D eigenvalue weighted by Crippen LogP contribution is -2.15. The third-order valence-electron chi connectivity index (χ3n) is 2.52. The molecule has 0 saturated heterocycles. The molecule has 2 aromatic heterocycles. The lowest BCUT2D eigenvalue weighted by atomic mass is 10.3. The van der Waals surface area contributed by atoms with Gasteiger partial charge in [0.15, 0.2) is 5.03 Å². The van der Waals surface area contributed by atoms with Crippen molar-refractivity contribution in [3.05, 3.63) is 47.9 Å². The fourth-order valence-electron chi connectivity index (χ4n) is 1.45. The van der Waals surface area contributed by atoms with Gasteiger partial charge < -0.3 is 5.11 Å². The SMILES string of the molecule is Cc1cnccc1NS(=O)(=O)c1ccc(CO)cn1. The second-order valence-corrected chi connectivity index (χ2v) is 5.59. The van der Waals surface area contributed by atoms with Crippen LogP contribution in [0.1, 0.15) is 11.1 Å². The first-order chi connectivity index (χ1) is 9.03. The summed E-state index contributed by atoms with van der Waals surface area (Å²) in [5, 5.41) is 8.79. The summed E-state index contributed by atoms with van der Waals surface area (Å²) in [6.07, 6.45) is 4.40. The number of nitrogens with zero attached hydrogens (tertiary/aromatic N) is 2. The minimum Gasteiger partial charge on any atom is -0.392 e. The zero-order chi connectivity index (χ0) is 13.9. The predicted molar refractivity (Wildman–Crippen MR) is 69.9 cm³/mol. The second kappa shape index (κ2) is 5.33. The molecule has 19 heavy (non-hydrogen) atoms. The standard InChI is InChI=1S/C12H13N3O3S/c1-9-6-13-5-4-11(9)15-19(17,18)12-3-2-10(8-16)7-14-12/h2-7,16H,8H2,1H3,(H,13,15). The highest BCUT2D eigenvalue weighted by Crippen LogP contribution is 2.17. The molecule has 7 heteroatoms. The van der Waals surface area contributed by atoms with Crippen LogP contribution >= 0.6 is 0 Å². The first kappa shape index (κ1) is 13.4. The zero-order valence-corrected chi connectivity index (χ0v) is 11.1. The number of aliphatic hydroxyl groups is 1. The molecule has 0 aromatic carbocycles. The maximum atomic E-state index is 12.1. The molecule has 100 valence electrons. The van der Waals surface area contributed by atoms with Crippen LogP contribution in [0, 0.1) is 6.92 Å². The molecule has 0 bridgehead atoms. The molecule has 0 radical (unpaired) electrons. The summed E-state index contributed by atoms with van der Waals surface area (Å²) in [6.45, 7) is 1.58. The van der Waals surface area contributed by atoms with Crippen LogP contribution in [-0.2, 0) is 16.6 Å². The Morgan fingerprint density at radius 1 is 1.26 bits per heavy atom. The normalized spacial score (nSPS) is 11.3. The fourth-order valence-corrected chi connectivity index (χ4v) is 2.51. The Labute approximate surface area is 111 Å². The van der Waals surface area contributed by atoms with Crippen molar-refractivity contribution in [3.63, 3.8) is 0 Å². The molecule has 2 N–H and O–H groups in total. The zero-order valence-electron chi connectivity index (χ0n) is 10.2. The van der Waals surface area contributed by atoms with Gasteiger partial charge in [-0.05, 0) is 30.2 Å². The van der Waals surface area contributed by atoms with E-state index in [0.29, 0.717) is 11.3 Å². The maximum absolute atomic E-state index is 12.1. The molecule has 6 nitrogen and oxygen atoms in total. The number of aromatic nitrogens is 2. The summed E-state index contributed by atoms with van der Waals surface area (Å²) in [5.41, 5.74) is 1.74. The van der Waals surface area contributed by atoms with E-state index in [9.17, 15) is 8.42 Å². The van der Waals surface area contributed by atoms with Crippen molar-refractivity contribution in [1.29, 1.82) is 0 Å². The van der Waals surface area contributed by atoms with Crippen molar-refractivity contribution in [1.82, 2.24) is 9.97 Å². The molecule has 0 aliphatic rings. The Morgan fingerprint density at radius 3 is 2.63 bits per heavy atom. The van der Waals surface area contributed by atoms with Crippen LogP contribution in [0.2, 0.25) is 0 Å². The highest BCUT2D eigenvalue weighted by atomic mass is 32.2. The molecule has 0 spiro atoms. The summed E-state index contributed by atoms with van der Waals surface area (Å²) < 4.78 is 26.6. The molecule has 0 aliphatic heterocycles. The number of nitrogens with one attached hydrogen (secondary N) is 1. The molecule has 2 rings (SSSR count). The number of sulfonamides is 1. The minimum absolute atomic E-state index is 0.0964. The van der Waals surface area contributed by atoms with Gasteiger partial charge in [-0.1, -0.05) is 6.07 Å². The van der Waals surface area contributed by atoms with Crippen LogP contribution in [0.4, 0.5) is 5.69 Å². The predicted octanol–water partition coefficient (Wildman–Crippen LogP) is 1.08. The Morgan fingerprint density at radius 2 is 2.05 bits per heavy atom. The summed E-state index contributed by atoms with van der Waals surface area (Å²) >= 11 is 0. The summed E-state index contributed by atoms with van der Waals surface area (Å²) in [4.78, 5) is 7.71. The van der Waals surface area contributed by atoms with Crippen molar-refractivity contribution in [2.75, 3.05) is 4.72 Å². The van der Waals surface area contributed by atoms with E-state index in [4.69, 9.17) is 5.11 Å². The second-order valence-electron chi connectivity index (χ2n) is 3.96. The quantitative estimate of drug-likeness (QED) is 0.873. The number of rotatable bonds is 4. The van der Waals surface area contributed by atoms with Crippen LogP contribution in [-0.4, -0.2) is 23.5 Å². The van der Waals surface area contributed by atoms with Gasteiger partial charge in [-0.15, -0.1) is 0 Å². The van der Waals surface area contributed by atoms with Gasteiger partial charge in [-0.2, -0.15) is 8.42 Å². The van der Waals surface area contributed by atoms with Gasteiger partial charge in [0.25, 0.3) is 10.0 Å². The van der Waals surface area contributed by atoms with Crippen LogP contribution in [0.15, 0.2) is 41.8 Å². The van der Waals surface area contributed by atoms with Crippen LogP contribution in [0.25, 0.3) is 0 Å². The molecule has 0 saturated carbocycles. The average Bonchev–Trinajstić information content (AvgIpc) is 2.41.